The van der Waals surface area contributed by atoms with Crippen molar-refractivity contribution in [3.8, 4) is 11.5 Å². The molecular weight excluding hydrogens is 375 g/mol. The lowest BCUT2D eigenvalue weighted by molar-refractivity contribution is -0.173. The van der Waals surface area contributed by atoms with Crippen molar-refractivity contribution in [1.82, 2.24) is 10.6 Å². The molecule has 0 heterocycles. The maximum Gasteiger partial charge on any atom is 0.411 e. The minimum Gasteiger partial charge on any atom is -0.493 e. The Kier molecular flexibility index (Phi) is 11.2. The molecule has 0 amide bonds. The minimum absolute atomic E-state index is 0.0448. The van der Waals surface area contributed by atoms with E-state index >= 15 is 0 Å². The van der Waals surface area contributed by atoms with Crippen LogP contribution < -0.4 is 20.1 Å². The molecule has 0 aliphatic rings. The second-order valence-electron chi connectivity index (χ2n) is 5.97. The van der Waals surface area contributed by atoms with Crippen molar-refractivity contribution in [1.29, 1.82) is 0 Å². The first-order valence-corrected chi connectivity index (χ1v) is 9.28. The lowest BCUT2D eigenvalue weighted by Crippen LogP contribution is -2.38. The molecule has 6 nitrogen and oxygen atoms in total. The van der Waals surface area contributed by atoms with Crippen LogP contribution in [-0.2, 0) is 11.2 Å². The fourth-order valence-corrected chi connectivity index (χ4v) is 2.43. The molecule has 0 atom stereocenters. The number of aliphatic imine (C=N–C) groups is 1. The average molecular weight is 405 g/mol. The van der Waals surface area contributed by atoms with Crippen LogP contribution in [0.5, 0.6) is 11.5 Å². The topological polar surface area (TPSA) is 64.1 Å². The van der Waals surface area contributed by atoms with Crippen molar-refractivity contribution in [3.05, 3.63) is 23.8 Å². The van der Waals surface area contributed by atoms with Gasteiger partial charge in [0.25, 0.3) is 0 Å². The SMILES string of the molecule is CCOc1cc(CCCNC(=NC)NCCCOCC(F)(F)F)ccc1OC. The number of ether oxygens (including phenoxy) is 3. The monoisotopic (exact) mass is 405 g/mol. The molecule has 9 heteroatoms. The van der Waals surface area contributed by atoms with Crippen molar-refractivity contribution < 1.29 is 27.4 Å². The summed E-state index contributed by atoms with van der Waals surface area (Å²) in [7, 11) is 3.26. The summed E-state index contributed by atoms with van der Waals surface area (Å²) in [6.07, 6.45) is -2.08. The van der Waals surface area contributed by atoms with Crippen LogP contribution in [0.3, 0.4) is 0 Å². The molecule has 0 spiro atoms. The molecule has 0 aromatic heterocycles. The molecule has 0 saturated carbocycles. The van der Waals surface area contributed by atoms with Gasteiger partial charge in [0.15, 0.2) is 17.5 Å². The zero-order chi connectivity index (χ0) is 20.8. The summed E-state index contributed by atoms with van der Waals surface area (Å²) in [4.78, 5) is 4.09. The quantitative estimate of drug-likeness (QED) is 0.318. The van der Waals surface area contributed by atoms with Crippen LogP contribution in [0.4, 0.5) is 13.2 Å². The fraction of sp³-hybridized carbons (Fsp3) is 0.632. The Labute approximate surface area is 164 Å². The second kappa shape index (κ2) is 13.1. The normalized spacial score (nSPS) is 12.0. The molecule has 2 N–H and O–H groups in total. The van der Waals surface area contributed by atoms with Gasteiger partial charge in [0.1, 0.15) is 6.61 Å². The van der Waals surface area contributed by atoms with Gasteiger partial charge in [0.2, 0.25) is 0 Å². The number of hydrogen-bond acceptors (Lipinski definition) is 4. The summed E-state index contributed by atoms with van der Waals surface area (Å²) < 4.78 is 51.3. The Hall–Kier alpha value is -2.16. The lowest BCUT2D eigenvalue weighted by Gasteiger charge is -2.13. The number of benzene rings is 1. The highest BCUT2D eigenvalue weighted by Crippen LogP contribution is 2.28. The summed E-state index contributed by atoms with van der Waals surface area (Å²) in [5, 5.41) is 6.23. The van der Waals surface area contributed by atoms with Gasteiger partial charge in [0.05, 0.1) is 13.7 Å². The van der Waals surface area contributed by atoms with Crippen LogP contribution in [0.15, 0.2) is 23.2 Å². The Morgan fingerprint density at radius 2 is 1.82 bits per heavy atom. The molecule has 28 heavy (non-hydrogen) atoms. The number of methoxy groups -OCH3 is 1. The third-order valence-electron chi connectivity index (χ3n) is 3.71. The van der Waals surface area contributed by atoms with Crippen LogP contribution in [0.1, 0.15) is 25.3 Å². The predicted octanol–water partition coefficient (Wildman–Crippen LogP) is 3.16. The van der Waals surface area contributed by atoms with Crippen LogP contribution in [0, 0.1) is 0 Å². The van der Waals surface area contributed by atoms with E-state index in [4.69, 9.17) is 9.47 Å². The zero-order valence-corrected chi connectivity index (χ0v) is 16.7. The van der Waals surface area contributed by atoms with Crippen molar-refractivity contribution in [2.45, 2.75) is 32.4 Å². The summed E-state index contributed by atoms with van der Waals surface area (Å²) in [5.74, 6) is 2.06. The van der Waals surface area contributed by atoms with Gasteiger partial charge in [-0.15, -0.1) is 0 Å². The number of alkyl halides is 3. The maximum atomic E-state index is 12.0. The van der Waals surface area contributed by atoms with Gasteiger partial charge in [-0.2, -0.15) is 13.2 Å². The molecule has 0 aliphatic heterocycles. The van der Waals surface area contributed by atoms with Crippen LogP contribution in [0.2, 0.25) is 0 Å². The van der Waals surface area contributed by atoms with Crippen molar-refractivity contribution >= 4 is 5.96 Å². The summed E-state index contributed by atoms with van der Waals surface area (Å²) >= 11 is 0. The van der Waals surface area contributed by atoms with Gasteiger partial charge in [-0.25, -0.2) is 0 Å². The molecule has 0 unspecified atom stereocenters. The number of aryl methyl sites for hydroxylation is 1. The minimum atomic E-state index is -4.28. The first kappa shape index (κ1) is 23.9. The molecule has 1 rings (SSSR count). The van der Waals surface area contributed by atoms with E-state index in [0.29, 0.717) is 37.8 Å². The molecule has 0 bridgehead atoms. The number of halogens is 3. The smallest absolute Gasteiger partial charge is 0.411 e. The summed E-state index contributed by atoms with van der Waals surface area (Å²) in [5.41, 5.74) is 1.15. The molecular formula is C19H30F3N3O3. The number of rotatable bonds is 12. The predicted molar refractivity (Wildman–Crippen MR) is 103 cm³/mol. The Bertz CT molecular complexity index is 596. The summed E-state index contributed by atoms with van der Waals surface area (Å²) in [6.45, 7) is 2.52. The van der Waals surface area contributed by atoms with Gasteiger partial charge in [-0.3, -0.25) is 4.99 Å². The van der Waals surface area contributed by atoms with Gasteiger partial charge in [0, 0.05) is 26.7 Å². The molecule has 0 saturated heterocycles. The van der Waals surface area contributed by atoms with Crippen LogP contribution >= 0.6 is 0 Å². The largest absolute Gasteiger partial charge is 0.493 e. The molecule has 0 aliphatic carbocycles. The molecule has 160 valence electrons. The van der Waals surface area contributed by atoms with E-state index in [9.17, 15) is 13.2 Å². The maximum absolute atomic E-state index is 12.0. The van der Waals surface area contributed by atoms with E-state index in [1.165, 1.54) is 0 Å². The van der Waals surface area contributed by atoms with Gasteiger partial charge >= 0.3 is 6.18 Å². The Morgan fingerprint density at radius 3 is 2.43 bits per heavy atom. The van der Waals surface area contributed by atoms with Crippen molar-refractivity contribution in [3.63, 3.8) is 0 Å². The number of nitrogens with one attached hydrogen (secondary N) is 2. The molecule has 0 radical (unpaired) electrons. The fourth-order valence-electron chi connectivity index (χ4n) is 2.43. The Morgan fingerprint density at radius 1 is 1.11 bits per heavy atom. The average Bonchev–Trinajstić information content (AvgIpc) is 2.65. The Balaban J connectivity index is 2.24. The number of nitrogens with zero attached hydrogens (tertiary/aromatic N) is 1. The van der Waals surface area contributed by atoms with Crippen molar-refractivity contribution in [2.75, 3.05) is 47.1 Å². The van der Waals surface area contributed by atoms with E-state index in [0.717, 1.165) is 24.2 Å². The van der Waals surface area contributed by atoms with Crippen LogP contribution in [0.25, 0.3) is 0 Å². The van der Waals surface area contributed by atoms with Gasteiger partial charge in [-0.1, -0.05) is 6.07 Å². The lowest BCUT2D eigenvalue weighted by atomic mass is 10.1. The molecule has 0 fully saturated rings. The summed E-state index contributed by atoms with van der Waals surface area (Å²) in [6, 6.07) is 5.89. The van der Waals surface area contributed by atoms with E-state index in [-0.39, 0.29) is 6.61 Å². The highest BCUT2D eigenvalue weighted by molar-refractivity contribution is 5.79. The third-order valence-corrected chi connectivity index (χ3v) is 3.71. The highest BCUT2D eigenvalue weighted by atomic mass is 19.4. The third kappa shape index (κ3) is 10.2. The first-order valence-electron chi connectivity index (χ1n) is 9.28. The number of hydrogen-bond donors (Lipinski definition) is 2. The standard InChI is InChI=1S/C19H30F3N3O3/c1-4-28-17-13-15(8-9-16(17)26-3)7-5-10-24-18(23-2)25-11-6-12-27-14-19(20,21)22/h8-9,13H,4-7,10-12,14H2,1-3H3,(H2,23,24,25). The van der Waals surface area contributed by atoms with E-state index in [1.54, 1.807) is 14.2 Å². The van der Waals surface area contributed by atoms with Crippen molar-refractivity contribution in [2.24, 2.45) is 4.99 Å². The van der Waals surface area contributed by atoms with Crippen LogP contribution in [-0.4, -0.2) is 59.2 Å². The van der Waals surface area contributed by atoms with Gasteiger partial charge in [-0.05, 0) is 43.9 Å². The molecule has 1 aromatic carbocycles. The second-order valence-corrected chi connectivity index (χ2v) is 5.97. The highest BCUT2D eigenvalue weighted by Gasteiger charge is 2.27. The van der Waals surface area contributed by atoms with E-state index < -0.39 is 12.8 Å². The van der Waals surface area contributed by atoms with Gasteiger partial charge < -0.3 is 24.8 Å². The molecule has 1 aromatic rings. The zero-order valence-electron chi connectivity index (χ0n) is 16.7. The number of guanidine groups is 1. The van der Waals surface area contributed by atoms with E-state index in [2.05, 4.69) is 20.4 Å². The first-order chi connectivity index (χ1) is 13.4. The van der Waals surface area contributed by atoms with E-state index in [1.807, 2.05) is 25.1 Å².